The molecule has 122 valence electrons. The fourth-order valence-electron chi connectivity index (χ4n) is 2.10. The molecule has 5 nitrogen and oxygen atoms in total. The van der Waals surface area contributed by atoms with Crippen molar-refractivity contribution in [1.29, 1.82) is 0 Å². The van der Waals surface area contributed by atoms with E-state index >= 15 is 0 Å². The fourth-order valence-corrected chi connectivity index (χ4v) is 2.10. The van der Waals surface area contributed by atoms with Crippen molar-refractivity contribution in [2.24, 2.45) is 0 Å². The van der Waals surface area contributed by atoms with E-state index in [0.29, 0.717) is 32.7 Å². The number of hydrogen-bond donors (Lipinski definition) is 1. The maximum absolute atomic E-state index is 11.7. The van der Waals surface area contributed by atoms with Gasteiger partial charge in [-0.15, -0.1) is 0 Å². The molecule has 0 heterocycles. The smallest absolute Gasteiger partial charge is 0.221 e. The minimum Gasteiger partial charge on any atom is -0.385 e. The number of ether oxygens (including phenoxy) is 1. The van der Waals surface area contributed by atoms with Gasteiger partial charge >= 0.3 is 0 Å². The van der Waals surface area contributed by atoms with E-state index in [4.69, 9.17) is 4.74 Å². The average molecular weight is 306 g/mol. The molecule has 1 aromatic carbocycles. The molecule has 0 aromatic heterocycles. The highest BCUT2D eigenvalue weighted by molar-refractivity contribution is 5.77. The fraction of sp³-hybridized carbons (Fsp3) is 0.529. The summed E-state index contributed by atoms with van der Waals surface area (Å²) in [5.41, 5.74) is 1.19. The van der Waals surface area contributed by atoms with Gasteiger partial charge in [0.2, 0.25) is 11.8 Å². The van der Waals surface area contributed by atoms with Gasteiger partial charge in [-0.05, 0) is 18.4 Å². The summed E-state index contributed by atoms with van der Waals surface area (Å²) < 4.78 is 4.92. The monoisotopic (exact) mass is 306 g/mol. The molecule has 1 aromatic rings. The quantitative estimate of drug-likeness (QED) is 0.668. The molecule has 0 unspecified atom stereocenters. The van der Waals surface area contributed by atoms with Crippen LogP contribution in [0.15, 0.2) is 30.3 Å². The van der Waals surface area contributed by atoms with Crippen LogP contribution in [-0.4, -0.2) is 50.1 Å². The predicted octanol–water partition coefficient (Wildman–Crippen LogP) is 1.62. The third-order valence-electron chi connectivity index (χ3n) is 3.41. The van der Waals surface area contributed by atoms with Crippen LogP contribution in [0, 0.1) is 0 Å². The Morgan fingerprint density at radius 2 is 1.91 bits per heavy atom. The number of amides is 2. The predicted molar refractivity (Wildman–Crippen MR) is 86.5 cm³/mol. The van der Waals surface area contributed by atoms with Crippen molar-refractivity contribution in [2.75, 3.05) is 33.4 Å². The van der Waals surface area contributed by atoms with Gasteiger partial charge in [0.15, 0.2) is 0 Å². The van der Waals surface area contributed by atoms with Crippen molar-refractivity contribution in [2.45, 2.75) is 26.2 Å². The SMILES string of the molecule is COCCCNC(=O)CCN(CCc1ccccc1)C(C)=O. The second-order valence-corrected chi connectivity index (χ2v) is 5.19. The molecular weight excluding hydrogens is 280 g/mol. The van der Waals surface area contributed by atoms with Gasteiger partial charge < -0.3 is 15.0 Å². The summed E-state index contributed by atoms with van der Waals surface area (Å²) in [6, 6.07) is 10.0. The zero-order valence-electron chi connectivity index (χ0n) is 13.5. The number of benzene rings is 1. The van der Waals surface area contributed by atoms with Crippen molar-refractivity contribution in [1.82, 2.24) is 10.2 Å². The molecule has 1 rings (SSSR count). The lowest BCUT2D eigenvalue weighted by atomic mass is 10.1. The maximum atomic E-state index is 11.7. The van der Waals surface area contributed by atoms with Crippen LogP contribution >= 0.6 is 0 Å². The molecular formula is C17H26N2O3. The molecule has 0 radical (unpaired) electrons. The summed E-state index contributed by atoms with van der Waals surface area (Å²) in [6.45, 7) is 3.88. The molecule has 1 N–H and O–H groups in total. The number of methoxy groups -OCH3 is 1. The minimum absolute atomic E-state index is 0.00288. The Morgan fingerprint density at radius 1 is 1.18 bits per heavy atom. The number of nitrogens with zero attached hydrogens (tertiary/aromatic N) is 1. The molecule has 0 saturated carbocycles. The van der Waals surface area contributed by atoms with Crippen LogP contribution < -0.4 is 5.32 Å². The molecule has 0 bridgehead atoms. The molecule has 0 fully saturated rings. The van der Waals surface area contributed by atoms with Crippen molar-refractivity contribution in [3.8, 4) is 0 Å². The molecule has 0 aliphatic rings. The normalized spacial score (nSPS) is 10.3. The van der Waals surface area contributed by atoms with Crippen molar-refractivity contribution >= 4 is 11.8 Å². The molecule has 5 heteroatoms. The molecule has 2 amide bonds. The van der Waals surface area contributed by atoms with E-state index in [0.717, 1.165) is 12.8 Å². The number of carbonyl (C=O) groups is 2. The summed E-state index contributed by atoms with van der Waals surface area (Å²) in [6.07, 6.45) is 1.93. The topological polar surface area (TPSA) is 58.6 Å². The Balaban J connectivity index is 2.29. The van der Waals surface area contributed by atoms with Crippen LogP contribution in [0.1, 0.15) is 25.3 Å². The first kappa shape index (κ1) is 18.2. The Morgan fingerprint density at radius 3 is 2.55 bits per heavy atom. The van der Waals surface area contributed by atoms with Crippen LogP contribution in [0.5, 0.6) is 0 Å². The summed E-state index contributed by atoms with van der Waals surface area (Å²) in [5.74, 6) is -0.0230. The zero-order valence-corrected chi connectivity index (χ0v) is 13.5. The first-order chi connectivity index (χ1) is 10.6. The van der Waals surface area contributed by atoms with E-state index in [-0.39, 0.29) is 11.8 Å². The average Bonchev–Trinajstić information content (AvgIpc) is 2.52. The van der Waals surface area contributed by atoms with Crippen molar-refractivity contribution in [3.05, 3.63) is 35.9 Å². The second kappa shape index (κ2) is 10.8. The first-order valence-corrected chi connectivity index (χ1v) is 7.68. The van der Waals surface area contributed by atoms with Gasteiger partial charge in [0.1, 0.15) is 0 Å². The van der Waals surface area contributed by atoms with Crippen LogP contribution in [0.25, 0.3) is 0 Å². The molecule has 0 aliphatic carbocycles. The van der Waals surface area contributed by atoms with Crippen LogP contribution in [0.4, 0.5) is 0 Å². The number of nitrogens with one attached hydrogen (secondary N) is 1. The maximum Gasteiger partial charge on any atom is 0.221 e. The van der Waals surface area contributed by atoms with Crippen LogP contribution in [0.2, 0.25) is 0 Å². The largest absolute Gasteiger partial charge is 0.385 e. The van der Waals surface area contributed by atoms with E-state index in [1.165, 1.54) is 5.56 Å². The summed E-state index contributed by atoms with van der Waals surface area (Å²) in [4.78, 5) is 25.1. The van der Waals surface area contributed by atoms with E-state index in [1.807, 2.05) is 30.3 Å². The standard InChI is InChI=1S/C17H26N2O3/c1-15(20)19(12-9-16-7-4-3-5-8-16)13-10-17(21)18-11-6-14-22-2/h3-5,7-8H,6,9-14H2,1-2H3,(H,18,21). The highest BCUT2D eigenvalue weighted by Gasteiger charge is 2.11. The lowest BCUT2D eigenvalue weighted by Gasteiger charge is -2.20. The molecule has 0 saturated heterocycles. The lowest BCUT2D eigenvalue weighted by molar-refractivity contribution is -0.129. The molecule has 0 atom stereocenters. The van der Waals surface area contributed by atoms with E-state index in [9.17, 15) is 9.59 Å². The van der Waals surface area contributed by atoms with Gasteiger partial charge in [-0.2, -0.15) is 0 Å². The summed E-state index contributed by atoms with van der Waals surface area (Å²) in [7, 11) is 1.64. The highest BCUT2D eigenvalue weighted by Crippen LogP contribution is 2.02. The Labute approximate surface area is 132 Å². The summed E-state index contributed by atoms with van der Waals surface area (Å²) in [5, 5.41) is 2.83. The van der Waals surface area contributed by atoms with E-state index < -0.39 is 0 Å². The van der Waals surface area contributed by atoms with Gasteiger partial charge in [0.25, 0.3) is 0 Å². The third-order valence-corrected chi connectivity index (χ3v) is 3.41. The van der Waals surface area contributed by atoms with Crippen molar-refractivity contribution in [3.63, 3.8) is 0 Å². The van der Waals surface area contributed by atoms with Gasteiger partial charge in [-0.25, -0.2) is 0 Å². The number of hydrogen-bond acceptors (Lipinski definition) is 3. The summed E-state index contributed by atoms with van der Waals surface area (Å²) >= 11 is 0. The second-order valence-electron chi connectivity index (χ2n) is 5.19. The Hall–Kier alpha value is -1.88. The van der Waals surface area contributed by atoms with E-state index in [2.05, 4.69) is 5.32 Å². The van der Waals surface area contributed by atoms with Gasteiger partial charge in [0.05, 0.1) is 0 Å². The van der Waals surface area contributed by atoms with Gasteiger partial charge in [0, 0.05) is 46.7 Å². The zero-order chi connectivity index (χ0) is 16.2. The molecule has 0 spiro atoms. The minimum atomic E-state index is -0.0259. The first-order valence-electron chi connectivity index (χ1n) is 7.68. The van der Waals surface area contributed by atoms with E-state index in [1.54, 1.807) is 18.9 Å². The number of carbonyl (C=O) groups excluding carboxylic acids is 2. The lowest BCUT2D eigenvalue weighted by Crippen LogP contribution is -2.35. The Kier molecular flexibility index (Phi) is 8.91. The molecule has 0 aliphatic heterocycles. The Bertz CT molecular complexity index is 448. The third kappa shape index (κ3) is 7.78. The highest BCUT2D eigenvalue weighted by atomic mass is 16.5. The molecule has 22 heavy (non-hydrogen) atoms. The number of rotatable bonds is 10. The van der Waals surface area contributed by atoms with Crippen LogP contribution in [-0.2, 0) is 20.7 Å². The van der Waals surface area contributed by atoms with Crippen molar-refractivity contribution < 1.29 is 14.3 Å². The van der Waals surface area contributed by atoms with Gasteiger partial charge in [-0.1, -0.05) is 30.3 Å². The van der Waals surface area contributed by atoms with Gasteiger partial charge in [-0.3, -0.25) is 9.59 Å². The van der Waals surface area contributed by atoms with Crippen LogP contribution in [0.3, 0.4) is 0 Å².